The summed E-state index contributed by atoms with van der Waals surface area (Å²) >= 11 is 0. The van der Waals surface area contributed by atoms with Gasteiger partial charge in [0.25, 0.3) is 0 Å². The highest BCUT2D eigenvalue weighted by Gasteiger charge is 2.28. The summed E-state index contributed by atoms with van der Waals surface area (Å²) in [5.41, 5.74) is 7.59. The highest BCUT2D eigenvalue weighted by Crippen LogP contribution is 2.33. The second kappa shape index (κ2) is 6.80. The highest BCUT2D eigenvalue weighted by molar-refractivity contribution is 5.81. The number of nitrogens with zero attached hydrogens (tertiary/aromatic N) is 1. The Morgan fingerprint density at radius 2 is 2.19 bits per heavy atom. The summed E-state index contributed by atoms with van der Waals surface area (Å²) in [5.74, 6) is 0.928. The van der Waals surface area contributed by atoms with E-state index in [1.165, 1.54) is 0 Å². The van der Waals surface area contributed by atoms with Crippen molar-refractivity contribution < 1.29 is 14.3 Å². The monoisotopic (exact) mass is 292 g/mol. The number of hydrogen-bond donors (Lipinski definition) is 1. The first kappa shape index (κ1) is 15.6. The molecule has 0 fully saturated rings. The molecule has 21 heavy (non-hydrogen) atoms. The van der Waals surface area contributed by atoms with Gasteiger partial charge >= 0.3 is 5.97 Å². The first-order chi connectivity index (χ1) is 10.0. The molecular formula is C16H24N2O3. The lowest BCUT2D eigenvalue weighted by molar-refractivity contribution is -0.146. The van der Waals surface area contributed by atoms with Crippen LogP contribution >= 0.6 is 0 Å². The Morgan fingerprint density at radius 1 is 1.43 bits per heavy atom. The lowest BCUT2D eigenvalue weighted by atomic mass is 10.1. The molecule has 0 saturated carbocycles. The van der Waals surface area contributed by atoms with Crippen molar-refractivity contribution in [3.05, 3.63) is 23.8 Å². The fourth-order valence-corrected chi connectivity index (χ4v) is 2.31. The maximum Gasteiger partial charge on any atom is 0.328 e. The summed E-state index contributed by atoms with van der Waals surface area (Å²) in [7, 11) is 0. The Bertz CT molecular complexity index is 502. The van der Waals surface area contributed by atoms with Crippen molar-refractivity contribution in [2.75, 3.05) is 24.7 Å². The molecule has 0 amide bonds. The summed E-state index contributed by atoms with van der Waals surface area (Å²) in [4.78, 5) is 14.2. The molecule has 116 valence electrons. The summed E-state index contributed by atoms with van der Waals surface area (Å²) < 4.78 is 11.0. The van der Waals surface area contributed by atoms with Gasteiger partial charge in [0, 0.05) is 6.54 Å². The number of rotatable bonds is 5. The van der Waals surface area contributed by atoms with Crippen LogP contribution in [-0.2, 0) is 16.1 Å². The molecule has 0 saturated heterocycles. The first-order valence-electron chi connectivity index (χ1n) is 7.42. The summed E-state index contributed by atoms with van der Waals surface area (Å²) in [6.07, 6.45) is 0. The molecule has 1 unspecified atom stereocenters. The third-order valence-corrected chi connectivity index (χ3v) is 3.53. The van der Waals surface area contributed by atoms with Crippen LogP contribution in [-0.4, -0.2) is 31.8 Å². The maximum atomic E-state index is 12.2. The molecule has 1 heterocycles. The molecule has 5 nitrogen and oxygen atoms in total. The molecule has 1 aliphatic heterocycles. The first-order valence-corrected chi connectivity index (χ1v) is 7.42. The van der Waals surface area contributed by atoms with Crippen molar-refractivity contribution in [1.82, 2.24) is 0 Å². The van der Waals surface area contributed by atoms with E-state index in [-0.39, 0.29) is 12.0 Å². The highest BCUT2D eigenvalue weighted by atomic mass is 16.5. The zero-order valence-electron chi connectivity index (χ0n) is 13.0. The molecule has 1 aromatic carbocycles. The molecule has 0 spiro atoms. The van der Waals surface area contributed by atoms with Gasteiger partial charge in [0.1, 0.15) is 18.4 Å². The van der Waals surface area contributed by atoms with Crippen LogP contribution in [0, 0.1) is 5.92 Å². The van der Waals surface area contributed by atoms with Crippen molar-refractivity contribution in [3.63, 3.8) is 0 Å². The van der Waals surface area contributed by atoms with E-state index >= 15 is 0 Å². The number of carbonyl (C=O) groups is 1. The van der Waals surface area contributed by atoms with Gasteiger partial charge in [-0.1, -0.05) is 19.9 Å². The number of fused-ring (bicyclic) bond motifs is 1. The molecule has 1 atom stereocenters. The lowest BCUT2D eigenvalue weighted by Crippen LogP contribution is -2.44. The standard InChI is InChI=1S/C16H24N2O3/c1-11(2)10-21-16(19)12(3)18-6-7-20-15-8-13(9-17)4-5-14(15)18/h4-5,8,11-12H,6-7,9-10,17H2,1-3H3. The summed E-state index contributed by atoms with van der Waals surface area (Å²) in [6, 6.07) is 5.54. The van der Waals surface area contributed by atoms with Crippen LogP contribution in [0.3, 0.4) is 0 Å². The molecular weight excluding hydrogens is 268 g/mol. The van der Waals surface area contributed by atoms with Crippen molar-refractivity contribution in [2.45, 2.75) is 33.4 Å². The van der Waals surface area contributed by atoms with Crippen molar-refractivity contribution in [2.24, 2.45) is 11.7 Å². The van der Waals surface area contributed by atoms with Crippen LogP contribution in [0.1, 0.15) is 26.3 Å². The number of benzene rings is 1. The third kappa shape index (κ3) is 3.67. The minimum Gasteiger partial charge on any atom is -0.490 e. The fourth-order valence-electron chi connectivity index (χ4n) is 2.31. The van der Waals surface area contributed by atoms with E-state index in [1.54, 1.807) is 0 Å². The number of ether oxygens (including phenoxy) is 2. The molecule has 1 aliphatic rings. The van der Waals surface area contributed by atoms with E-state index in [0.717, 1.165) is 17.0 Å². The van der Waals surface area contributed by atoms with Crippen LogP contribution in [0.15, 0.2) is 18.2 Å². The molecule has 0 radical (unpaired) electrons. The Morgan fingerprint density at radius 3 is 2.86 bits per heavy atom. The van der Waals surface area contributed by atoms with Gasteiger partial charge in [-0.15, -0.1) is 0 Å². The Balaban J connectivity index is 2.13. The number of hydrogen-bond acceptors (Lipinski definition) is 5. The molecule has 0 aromatic heterocycles. The summed E-state index contributed by atoms with van der Waals surface area (Å²) in [5, 5.41) is 0. The molecule has 0 aliphatic carbocycles. The van der Waals surface area contributed by atoms with Crippen LogP contribution < -0.4 is 15.4 Å². The van der Waals surface area contributed by atoms with E-state index in [4.69, 9.17) is 15.2 Å². The zero-order chi connectivity index (χ0) is 15.4. The normalized spacial score (nSPS) is 15.4. The van der Waals surface area contributed by atoms with Crippen LogP contribution in [0.5, 0.6) is 5.75 Å². The smallest absolute Gasteiger partial charge is 0.328 e. The van der Waals surface area contributed by atoms with Gasteiger partial charge in [0.15, 0.2) is 0 Å². The maximum absolute atomic E-state index is 12.2. The topological polar surface area (TPSA) is 64.8 Å². The van der Waals surface area contributed by atoms with Gasteiger partial charge in [-0.25, -0.2) is 4.79 Å². The van der Waals surface area contributed by atoms with Crippen LogP contribution in [0.4, 0.5) is 5.69 Å². The Labute approximate surface area is 126 Å². The van der Waals surface area contributed by atoms with Crippen molar-refractivity contribution in [3.8, 4) is 5.75 Å². The van der Waals surface area contributed by atoms with E-state index in [9.17, 15) is 4.79 Å². The van der Waals surface area contributed by atoms with Crippen LogP contribution in [0.25, 0.3) is 0 Å². The van der Waals surface area contributed by atoms with E-state index in [2.05, 4.69) is 0 Å². The van der Waals surface area contributed by atoms with Gasteiger partial charge in [-0.3, -0.25) is 0 Å². The predicted molar refractivity (Wildman–Crippen MR) is 82.4 cm³/mol. The number of nitrogens with two attached hydrogens (primary N) is 1. The lowest BCUT2D eigenvalue weighted by Gasteiger charge is -2.35. The second-order valence-corrected chi connectivity index (χ2v) is 5.75. The molecule has 1 aromatic rings. The largest absolute Gasteiger partial charge is 0.490 e. The third-order valence-electron chi connectivity index (χ3n) is 3.53. The Kier molecular flexibility index (Phi) is 5.07. The van der Waals surface area contributed by atoms with E-state index in [1.807, 2.05) is 43.9 Å². The average Bonchev–Trinajstić information content (AvgIpc) is 2.50. The molecule has 0 bridgehead atoms. The quantitative estimate of drug-likeness (QED) is 0.840. The van der Waals surface area contributed by atoms with Gasteiger partial charge in [0.2, 0.25) is 0 Å². The van der Waals surface area contributed by atoms with E-state index in [0.29, 0.717) is 32.2 Å². The fraction of sp³-hybridized carbons (Fsp3) is 0.562. The minimum absolute atomic E-state index is 0.195. The number of carbonyl (C=O) groups excluding carboxylic acids is 1. The molecule has 5 heteroatoms. The molecule has 2 N–H and O–H groups in total. The SMILES string of the molecule is CC(C)COC(=O)C(C)N1CCOc2cc(CN)ccc21. The number of anilines is 1. The predicted octanol–water partition coefficient (Wildman–Crippen LogP) is 1.93. The van der Waals surface area contributed by atoms with E-state index < -0.39 is 0 Å². The van der Waals surface area contributed by atoms with Crippen molar-refractivity contribution in [1.29, 1.82) is 0 Å². The van der Waals surface area contributed by atoms with Gasteiger partial charge in [-0.05, 0) is 30.5 Å². The summed E-state index contributed by atoms with van der Waals surface area (Å²) in [6.45, 7) is 8.08. The average molecular weight is 292 g/mol. The Hall–Kier alpha value is -1.75. The van der Waals surface area contributed by atoms with Gasteiger partial charge in [0.05, 0.1) is 18.8 Å². The zero-order valence-corrected chi connectivity index (χ0v) is 13.0. The van der Waals surface area contributed by atoms with Gasteiger partial charge < -0.3 is 20.1 Å². The van der Waals surface area contributed by atoms with Crippen LogP contribution in [0.2, 0.25) is 0 Å². The molecule has 2 rings (SSSR count). The second-order valence-electron chi connectivity index (χ2n) is 5.75. The number of esters is 1. The van der Waals surface area contributed by atoms with Gasteiger partial charge in [-0.2, -0.15) is 0 Å². The minimum atomic E-state index is -0.324. The van der Waals surface area contributed by atoms with Crippen molar-refractivity contribution >= 4 is 11.7 Å².